The molecule has 2 aromatic heterocycles. The first-order valence-electron chi connectivity index (χ1n) is 13.5. The first kappa shape index (κ1) is 33.0. The van der Waals surface area contributed by atoms with Crippen LogP contribution in [0.4, 0.5) is 36.2 Å². The van der Waals surface area contributed by atoms with Crippen LogP contribution in [0.3, 0.4) is 0 Å². The number of carbonyl (C=O) groups is 3. The second kappa shape index (κ2) is 14.7. The van der Waals surface area contributed by atoms with Gasteiger partial charge in [0.05, 0.1) is 30.1 Å². The van der Waals surface area contributed by atoms with Crippen molar-refractivity contribution in [3.05, 3.63) is 71.5 Å². The Morgan fingerprint density at radius 2 is 1.73 bits per heavy atom. The number of aromatic nitrogens is 2. The molecule has 4 N–H and O–H groups in total. The minimum absolute atomic E-state index is 0.0154. The van der Waals surface area contributed by atoms with Crippen molar-refractivity contribution >= 4 is 46.4 Å². The molecule has 1 aromatic carbocycles. The lowest BCUT2D eigenvalue weighted by Gasteiger charge is -2.33. The quantitative estimate of drug-likeness (QED) is 0.233. The summed E-state index contributed by atoms with van der Waals surface area (Å²) in [6, 6.07) is 8.99. The number of halogens is 3. The van der Waals surface area contributed by atoms with E-state index in [1.54, 1.807) is 11.0 Å². The first-order chi connectivity index (χ1) is 21.5. The highest BCUT2D eigenvalue weighted by Gasteiger charge is 2.31. The smallest absolute Gasteiger partial charge is 0.375 e. The highest BCUT2D eigenvalue weighted by atomic mass is 19.4. The number of alkyl halides is 3. The molecule has 0 bridgehead atoms. The second-order valence-electron chi connectivity index (χ2n) is 9.69. The SMILES string of the molecule is COCC(=O)Nc1nccc(C(=N)[C@H]2CN(C(=O)COC)CCO2)c1Nc1ccc(C(=O)Nc2cc(C(F)(F)F)ccn2)cc1. The molecule has 1 atom stereocenters. The Morgan fingerprint density at radius 1 is 1.02 bits per heavy atom. The van der Waals surface area contributed by atoms with Crippen LogP contribution in [0, 0.1) is 5.41 Å². The number of morpholine rings is 1. The number of hydrogen-bond donors (Lipinski definition) is 4. The van der Waals surface area contributed by atoms with Gasteiger partial charge in [0.15, 0.2) is 5.82 Å². The van der Waals surface area contributed by atoms with Gasteiger partial charge in [-0.3, -0.25) is 14.4 Å². The summed E-state index contributed by atoms with van der Waals surface area (Å²) in [6.07, 6.45) is -3.03. The van der Waals surface area contributed by atoms with Crippen LogP contribution in [0.25, 0.3) is 0 Å². The number of benzene rings is 1. The molecule has 238 valence electrons. The van der Waals surface area contributed by atoms with E-state index in [9.17, 15) is 27.6 Å². The Kier molecular flexibility index (Phi) is 10.8. The molecule has 0 spiro atoms. The van der Waals surface area contributed by atoms with Crippen molar-refractivity contribution in [3.63, 3.8) is 0 Å². The molecule has 0 aliphatic carbocycles. The third kappa shape index (κ3) is 8.59. The van der Waals surface area contributed by atoms with Crippen molar-refractivity contribution in [2.75, 3.05) is 63.1 Å². The molecule has 1 saturated heterocycles. The predicted molar refractivity (Wildman–Crippen MR) is 157 cm³/mol. The van der Waals surface area contributed by atoms with E-state index >= 15 is 0 Å². The lowest BCUT2D eigenvalue weighted by atomic mass is 10.0. The maximum absolute atomic E-state index is 13.0. The van der Waals surface area contributed by atoms with Crippen molar-refractivity contribution in [1.29, 1.82) is 5.41 Å². The van der Waals surface area contributed by atoms with Crippen LogP contribution in [0.1, 0.15) is 21.5 Å². The van der Waals surface area contributed by atoms with E-state index in [4.69, 9.17) is 19.6 Å². The monoisotopic (exact) mass is 629 g/mol. The van der Waals surface area contributed by atoms with Gasteiger partial charge in [-0.2, -0.15) is 13.2 Å². The molecule has 13 nitrogen and oxygen atoms in total. The Bertz CT molecular complexity index is 1550. The minimum atomic E-state index is -4.59. The van der Waals surface area contributed by atoms with Gasteiger partial charge in [-0.1, -0.05) is 0 Å². The Balaban J connectivity index is 1.57. The lowest BCUT2D eigenvalue weighted by molar-refractivity contribution is -0.140. The van der Waals surface area contributed by atoms with Gasteiger partial charge in [0, 0.05) is 50.0 Å². The fourth-order valence-electron chi connectivity index (χ4n) is 4.36. The molecule has 16 heteroatoms. The molecule has 0 unspecified atom stereocenters. The molecule has 3 heterocycles. The molecule has 1 fully saturated rings. The van der Waals surface area contributed by atoms with Gasteiger partial charge in [-0.05, 0) is 42.5 Å². The van der Waals surface area contributed by atoms with Gasteiger partial charge in [0.25, 0.3) is 11.8 Å². The highest BCUT2D eigenvalue weighted by Crippen LogP contribution is 2.31. The number of nitrogens with zero attached hydrogens (tertiary/aromatic N) is 3. The average molecular weight is 630 g/mol. The van der Waals surface area contributed by atoms with Gasteiger partial charge < -0.3 is 40.5 Å². The summed E-state index contributed by atoms with van der Waals surface area (Å²) in [7, 11) is 2.77. The summed E-state index contributed by atoms with van der Waals surface area (Å²) in [5.74, 6) is -1.62. The van der Waals surface area contributed by atoms with E-state index in [1.165, 1.54) is 44.7 Å². The topological polar surface area (TPSA) is 168 Å². The average Bonchev–Trinajstić information content (AvgIpc) is 3.02. The third-order valence-corrected chi connectivity index (χ3v) is 6.53. The maximum atomic E-state index is 13.0. The second-order valence-corrected chi connectivity index (χ2v) is 9.69. The number of amides is 3. The zero-order valence-electron chi connectivity index (χ0n) is 24.2. The van der Waals surface area contributed by atoms with Crippen molar-refractivity contribution in [3.8, 4) is 0 Å². The number of anilines is 4. The van der Waals surface area contributed by atoms with Crippen LogP contribution in [0.15, 0.2) is 54.9 Å². The molecule has 1 aliphatic rings. The number of carbonyl (C=O) groups excluding carboxylic acids is 3. The van der Waals surface area contributed by atoms with Gasteiger partial charge >= 0.3 is 6.18 Å². The zero-order valence-corrected chi connectivity index (χ0v) is 24.2. The highest BCUT2D eigenvalue weighted by molar-refractivity contribution is 6.10. The Labute approximate surface area is 255 Å². The van der Waals surface area contributed by atoms with Crippen LogP contribution in [0.2, 0.25) is 0 Å². The first-order valence-corrected chi connectivity index (χ1v) is 13.5. The van der Waals surface area contributed by atoms with Crippen molar-refractivity contribution < 1.29 is 41.8 Å². The fraction of sp³-hybridized carbons (Fsp3) is 0.310. The summed E-state index contributed by atoms with van der Waals surface area (Å²) in [5.41, 5.74) is 0.175. The molecular formula is C29H30F3N7O6. The van der Waals surface area contributed by atoms with E-state index < -0.39 is 29.7 Å². The molecule has 4 rings (SSSR count). The standard InChI is InChI=1S/C29H30F3N7O6/c1-43-15-23(40)38-27-26(20(8-10-35-27)25(33)21-14-39(11-12-45-21)24(41)16-44-2)36-19-5-3-17(4-6-19)28(42)37-22-13-18(7-9-34-22)29(30,31)32/h3-10,13,21,33,36H,11-12,14-16H2,1-2H3,(H,34,37,42)(H,35,38,40)/t21-/m1/s1. The van der Waals surface area contributed by atoms with E-state index in [1.807, 2.05) is 0 Å². The molecule has 1 aliphatic heterocycles. The number of nitrogens with one attached hydrogen (secondary N) is 4. The van der Waals surface area contributed by atoms with Crippen LogP contribution >= 0.6 is 0 Å². The number of ether oxygens (including phenoxy) is 3. The summed E-state index contributed by atoms with van der Waals surface area (Å²) < 4.78 is 54.7. The number of methoxy groups -OCH3 is 2. The molecule has 3 aromatic rings. The van der Waals surface area contributed by atoms with Gasteiger partial charge in [0.2, 0.25) is 5.91 Å². The lowest BCUT2D eigenvalue weighted by Crippen LogP contribution is -2.49. The fourth-order valence-corrected chi connectivity index (χ4v) is 4.36. The number of pyridine rings is 2. The van der Waals surface area contributed by atoms with Crippen molar-refractivity contribution in [2.45, 2.75) is 12.3 Å². The third-order valence-electron chi connectivity index (χ3n) is 6.53. The summed E-state index contributed by atoms with van der Waals surface area (Å²) >= 11 is 0. The van der Waals surface area contributed by atoms with E-state index in [0.717, 1.165) is 18.3 Å². The van der Waals surface area contributed by atoms with Crippen LogP contribution in [-0.4, -0.2) is 91.5 Å². The van der Waals surface area contributed by atoms with Crippen LogP contribution in [0.5, 0.6) is 0 Å². The summed E-state index contributed by atoms with van der Waals surface area (Å²) in [5, 5.41) is 17.0. The predicted octanol–water partition coefficient (Wildman–Crippen LogP) is 3.32. The van der Waals surface area contributed by atoms with Gasteiger partial charge in [-0.15, -0.1) is 0 Å². The molecular weight excluding hydrogens is 599 g/mol. The Morgan fingerprint density at radius 3 is 2.42 bits per heavy atom. The summed E-state index contributed by atoms with van der Waals surface area (Å²) in [4.78, 5) is 47.1. The number of rotatable bonds is 11. The maximum Gasteiger partial charge on any atom is 0.416 e. The molecule has 3 amide bonds. The van der Waals surface area contributed by atoms with E-state index in [-0.39, 0.29) is 60.9 Å². The molecule has 0 saturated carbocycles. The van der Waals surface area contributed by atoms with Crippen LogP contribution in [-0.2, 0) is 30.0 Å². The largest absolute Gasteiger partial charge is 0.416 e. The zero-order chi connectivity index (χ0) is 32.6. The molecule has 0 radical (unpaired) electrons. The van der Waals surface area contributed by atoms with Gasteiger partial charge in [-0.25, -0.2) is 9.97 Å². The van der Waals surface area contributed by atoms with Gasteiger partial charge in [0.1, 0.15) is 25.1 Å². The number of hydrogen-bond acceptors (Lipinski definition) is 10. The minimum Gasteiger partial charge on any atom is -0.375 e. The summed E-state index contributed by atoms with van der Waals surface area (Å²) in [6.45, 7) is 0.291. The van der Waals surface area contributed by atoms with Crippen molar-refractivity contribution in [2.24, 2.45) is 0 Å². The van der Waals surface area contributed by atoms with Crippen molar-refractivity contribution in [1.82, 2.24) is 14.9 Å². The van der Waals surface area contributed by atoms with Crippen LogP contribution < -0.4 is 16.0 Å². The Hall–Kier alpha value is -4.93. The molecule has 45 heavy (non-hydrogen) atoms. The van der Waals surface area contributed by atoms with E-state index in [2.05, 4.69) is 25.9 Å². The van der Waals surface area contributed by atoms with E-state index in [0.29, 0.717) is 17.8 Å². The normalized spacial score (nSPS) is 14.9.